The molecule has 3 nitrogen and oxygen atoms in total. The average Bonchev–Trinajstić information content (AvgIpc) is 2.09. The van der Waals surface area contributed by atoms with Gasteiger partial charge in [0.1, 0.15) is 6.07 Å². The van der Waals surface area contributed by atoms with Gasteiger partial charge < -0.3 is 5.73 Å². The van der Waals surface area contributed by atoms with Gasteiger partial charge in [-0.3, -0.25) is 4.79 Å². The standard InChI is InChI=1S/C8H4FIN2O/c9-7-5(3-11)1-4(8(12)13)2-6(7)10/h1-2H,(H2,12,13). The highest BCUT2D eigenvalue weighted by molar-refractivity contribution is 14.1. The molecule has 0 saturated heterocycles. The second kappa shape index (κ2) is 3.70. The number of nitriles is 1. The molecule has 2 N–H and O–H groups in total. The summed E-state index contributed by atoms with van der Waals surface area (Å²) in [6.07, 6.45) is 0. The summed E-state index contributed by atoms with van der Waals surface area (Å²) >= 11 is 1.70. The Balaban J connectivity index is 3.41. The van der Waals surface area contributed by atoms with Crippen molar-refractivity contribution in [3.05, 3.63) is 32.6 Å². The van der Waals surface area contributed by atoms with Gasteiger partial charge in [0, 0.05) is 5.56 Å². The molecule has 0 fully saturated rings. The van der Waals surface area contributed by atoms with Crippen LogP contribution in [0, 0.1) is 20.7 Å². The number of benzene rings is 1. The molecular weight excluding hydrogens is 286 g/mol. The Kier molecular flexibility index (Phi) is 2.83. The van der Waals surface area contributed by atoms with Gasteiger partial charge in [-0.15, -0.1) is 0 Å². The zero-order chi connectivity index (χ0) is 10.0. The lowest BCUT2D eigenvalue weighted by Crippen LogP contribution is -2.12. The van der Waals surface area contributed by atoms with Gasteiger partial charge in [-0.2, -0.15) is 5.26 Å². The number of nitrogens with zero attached hydrogens (tertiary/aromatic N) is 1. The number of hydrogen-bond donors (Lipinski definition) is 1. The fourth-order valence-electron chi connectivity index (χ4n) is 0.813. The van der Waals surface area contributed by atoms with E-state index in [9.17, 15) is 9.18 Å². The molecule has 0 aliphatic carbocycles. The summed E-state index contributed by atoms with van der Waals surface area (Å²) in [6.45, 7) is 0. The summed E-state index contributed by atoms with van der Waals surface area (Å²) < 4.78 is 13.3. The van der Waals surface area contributed by atoms with E-state index in [2.05, 4.69) is 0 Å². The number of hydrogen-bond acceptors (Lipinski definition) is 2. The predicted octanol–water partition coefficient (Wildman–Crippen LogP) is 1.40. The van der Waals surface area contributed by atoms with Gasteiger partial charge in [-0.1, -0.05) is 0 Å². The first-order valence-electron chi connectivity index (χ1n) is 3.25. The maximum atomic E-state index is 13.1. The first-order chi connectivity index (χ1) is 6.06. The number of rotatable bonds is 1. The molecule has 13 heavy (non-hydrogen) atoms. The average molecular weight is 290 g/mol. The van der Waals surface area contributed by atoms with Crippen molar-refractivity contribution in [1.82, 2.24) is 0 Å². The number of halogens is 2. The largest absolute Gasteiger partial charge is 0.366 e. The van der Waals surface area contributed by atoms with Crippen LogP contribution >= 0.6 is 22.6 Å². The van der Waals surface area contributed by atoms with Crippen LogP contribution in [0.3, 0.4) is 0 Å². The molecule has 1 amide bonds. The lowest BCUT2D eigenvalue weighted by atomic mass is 10.1. The maximum absolute atomic E-state index is 13.1. The Morgan fingerprint density at radius 2 is 2.23 bits per heavy atom. The molecule has 1 aromatic rings. The molecule has 0 bridgehead atoms. The lowest BCUT2D eigenvalue weighted by molar-refractivity contribution is 0.1000. The minimum atomic E-state index is -0.672. The SMILES string of the molecule is N#Cc1cc(C(N)=O)cc(I)c1F. The highest BCUT2D eigenvalue weighted by Crippen LogP contribution is 2.17. The Morgan fingerprint density at radius 3 is 2.69 bits per heavy atom. The molecule has 0 saturated carbocycles. The van der Waals surface area contributed by atoms with Gasteiger partial charge in [0.2, 0.25) is 5.91 Å². The van der Waals surface area contributed by atoms with Crippen LogP contribution in [-0.4, -0.2) is 5.91 Å². The second-order valence-electron chi connectivity index (χ2n) is 2.30. The fraction of sp³-hybridized carbons (Fsp3) is 0. The molecule has 1 aromatic carbocycles. The molecule has 66 valence electrons. The van der Waals surface area contributed by atoms with E-state index < -0.39 is 11.7 Å². The van der Waals surface area contributed by atoms with Crippen molar-refractivity contribution in [2.75, 3.05) is 0 Å². The van der Waals surface area contributed by atoms with E-state index >= 15 is 0 Å². The van der Waals surface area contributed by atoms with E-state index in [1.54, 1.807) is 28.7 Å². The van der Waals surface area contributed by atoms with E-state index in [-0.39, 0.29) is 14.7 Å². The third-order valence-corrected chi connectivity index (χ3v) is 2.22. The van der Waals surface area contributed by atoms with Crippen LogP contribution in [-0.2, 0) is 0 Å². The van der Waals surface area contributed by atoms with E-state index in [1.807, 2.05) is 0 Å². The van der Waals surface area contributed by atoms with Crippen LogP contribution in [0.2, 0.25) is 0 Å². The van der Waals surface area contributed by atoms with Crippen molar-refractivity contribution in [2.24, 2.45) is 5.73 Å². The van der Waals surface area contributed by atoms with Crippen molar-refractivity contribution in [1.29, 1.82) is 5.26 Å². The molecule has 0 radical (unpaired) electrons. The molecule has 0 aliphatic rings. The fourth-order valence-corrected chi connectivity index (χ4v) is 1.44. The topological polar surface area (TPSA) is 66.9 Å². The smallest absolute Gasteiger partial charge is 0.248 e. The van der Waals surface area contributed by atoms with Crippen LogP contribution in [0.15, 0.2) is 12.1 Å². The van der Waals surface area contributed by atoms with E-state index in [0.717, 1.165) is 6.07 Å². The third kappa shape index (κ3) is 1.95. The van der Waals surface area contributed by atoms with Gasteiger partial charge in [-0.25, -0.2) is 4.39 Å². The zero-order valence-electron chi connectivity index (χ0n) is 6.34. The highest BCUT2D eigenvalue weighted by Gasteiger charge is 2.10. The van der Waals surface area contributed by atoms with Gasteiger partial charge in [0.05, 0.1) is 9.13 Å². The van der Waals surface area contributed by atoms with Gasteiger partial charge in [0.25, 0.3) is 0 Å². The molecule has 5 heteroatoms. The van der Waals surface area contributed by atoms with E-state index in [0.29, 0.717) is 0 Å². The number of carbonyl (C=O) groups excluding carboxylic acids is 1. The van der Waals surface area contributed by atoms with Gasteiger partial charge in [-0.05, 0) is 34.7 Å². The van der Waals surface area contributed by atoms with E-state index in [4.69, 9.17) is 11.0 Å². The Bertz CT molecular complexity index is 411. The first-order valence-corrected chi connectivity index (χ1v) is 4.33. The second-order valence-corrected chi connectivity index (χ2v) is 3.46. The molecule has 0 heterocycles. The summed E-state index contributed by atoms with van der Waals surface area (Å²) in [6, 6.07) is 4.09. The van der Waals surface area contributed by atoms with Crippen molar-refractivity contribution in [3.63, 3.8) is 0 Å². The third-order valence-electron chi connectivity index (χ3n) is 1.43. The van der Waals surface area contributed by atoms with Crippen molar-refractivity contribution < 1.29 is 9.18 Å². The van der Waals surface area contributed by atoms with Crippen LogP contribution in [0.4, 0.5) is 4.39 Å². The number of nitrogens with two attached hydrogens (primary N) is 1. The molecule has 0 aliphatic heterocycles. The normalized spacial score (nSPS) is 9.31. The Morgan fingerprint density at radius 1 is 1.62 bits per heavy atom. The summed E-state index contributed by atoms with van der Waals surface area (Å²) in [5, 5.41) is 8.50. The molecule has 0 atom stereocenters. The molecule has 1 rings (SSSR count). The van der Waals surface area contributed by atoms with Crippen LogP contribution in [0.5, 0.6) is 0 Å². The number of primary amides is 1. The maximum Gasteiger partial charge on any atom is 0.248 e. The Hall–Kier alpha value is -1.16. The van der Waals surface area contributed by atoms with Crippen LogP contribution < -0.4 is 5.73 Å². The monoisotopic (exact) mass is 290 g/mol. The molecule has 0 spiro atoms. The zero-order valence-corrected chi connectivity index (χ0v) is 8.50. The summed E-state index contributed by atoms with van der Waals surface area (Å²) in [5.41, 5.74) is 4.96. The lowest BCUT2D eigenvalue weighted by Gasteiger charge is -2.00. The van der Waals surface area contributed by atoms with Crippen molar-refractivity contribution in [2.45, 2.75) is 0 Å². The summed E-state index contributed by atoms with van der Waals surface area (Å²) in [7, 11) is 0. The van der Waals surface area contributed by atoms with Crippen LogP contribution in [0.1, 0.15) is 15.9 Å². The van der Waals surface area contributed by atoms with Gasteiger partial charge in [0.15, 0.2) is 5.82 Å². The minimum absolute atomic E-state index is 0.141. The van der Waals surface area contributed by atoms with Gasteiger partial charge >= 0.3 is 0 Å². The van der Waals surface area contributed by atoms with Crippen molar-refractivity contribution >= 4 is 28.5 Å². The Labute approximate surface area is 87.5 Å². The minimum Gasteiger partial charge on any atom is -0.366 e. The molecular formula is C8H4FIN2O. The van der Waals surface area contributed by atoms with Crippen LogP contribution in [0.25, 0.3) is 0 Å². The highest BCUT2D eigenvalue weighted by atomic mass is 127. The first kappa shape index (κ1) is 9.92. The number of carbonyl (C=O) groups is 1. The van der Waals surface area contributed by atoms with Crippen molar-refractivity contribution in [3.8, 4) is 6.07 Å². The molecule has 0 aromatic heterocycles. The predicted molar refractivity (Wildman–Crippen MR) is 52.3 cm³/mol. The summed E-state index contributed by atoms with van der Waals surface area (Å²) in [4.78, 5) is 10.7. The van der Waals surface area contributed by atoms with E-state index in [1.165, 1.54) is 6.07 Å². The molecule has 0 unspecified atom stereocenters. The quantitative estimate of drug-likeness (QED) is 0.794. The summed E-state index contributed by atoms with van der Waals surface area (Å²) in [5.74, 6) is -1.29. The number of amides is 1.